The molecule has 0 aliphatic carbocycles. The highest BCUT2D eigenvalue weighted by atomic mass is 127. The van der Waals surface area contributed by atoms with Gasteiger partial charge in [0.2, 0.25) is 0 Å². The highest BCUT2D eigenvalue weighted by molar-refractivity contribution is 14.1. The molecule has 0 spiro atoms. The van der Waals surface area contributed by atoms with Crippen LogP contribution in [0, 0.1) is 3.57 Å². The first-order chi connectivity index (χ1) is 9.15. The molecule has 1 amide bonds. The molecule has 98 valence electrons. The van der Waals surface area contributed by atoms with Crippen molar-refractivity contribution in [1.29, 1.82) is 0 Å². The number of amides is 1. The molecule has 2 aromatic rings. The van der Waals surface area contributed by atoms with Crippen LogP contribution in [-0.4, -0.2) is 6.09 Å². The van der Waals surface area contributed by atoms with Crippen molar-refractivity contribution in [3.8, 4) is 0 Å². The van der Waals surface area contributed by atoms with Crippen LogP contribution in [0.5, 0.6) is 0 Å². The summed E-state index contributed by atoms with van der Waals surface area (Å²) in [5.41, 5.74) is 1.59. The van der Waals surface area contributed by atoms with Gasteiger partial charge in [0.25, 0.3) is 0 Å². The first-order valence-electron chi connectivity index (χ1n) is 5.58. The minimum atomic E-state index is -0.496. The maximum atomic E-state index is 11.7. The fourth-order valence-corrected chi connectivity index (χ4v) is 2.10. The van der Waals surface area contributed by atoms with Crippen LogP contribution in [0.3, 0.4) is 0 Å². The summed E-state index contributed by atoms with van der Waals surface area (Å²) in [6.45, 7) is 0.240. The highest BCUT2D eigenvalue weighted by Crippen LogP contribution is 2.22. The lowest BCUT2D eigenvalue weighted by Crippen LogP contribution is -2.14. The number of anilines is 1. The normalized spacial score (nSPS) is 10.0. The first kappa shape index (κ1) is 14.1. The number of hydrogen-bond donors (Lipinski definition) is 1. The molecule has 0 aliphatic rings. The number of hydrogen-bond acceptors (Lipinski definition) is 2. The van der Waals surface area contributed by atoms with E-state index in [1.807, 2.05) is 36.4 Å². The van der Waals surface area contributed by atoms with Gasteiger partial charge in [-0.1, -0.05) is 41.9 Å². The topological polar surface area (TPSA) is 38.3 Å². The Morgan fingerprint density at radius 3 is 2.68 bits per heavy atom. The summed E-state index contributed by atoms with van der Waals surface area (Å²) < 4.78 is 6.03. The van der Waals surface area contributed by atoms with Gasteiger partial charge in [0.05, 0.1) is 5.69 Å². The molecule has 2 aromatic carbocycles. The van der Waals surface area contributed by atoms with E-state index in [1.54, 1.807) is 12.1 Å². The molecule has 0 bridgehead atoms. The van der Waals surface area contributed by atoms with Gasteiger partial charge in [-0.3, -0.25) is 5.32 Å². The molecule has 2 rings (SSSR count). The standard InChI is InChI=1S/C14H11ClINO2/c15-11-6-7-12(16)13(8-11)17-14(18)19-9-10-4-2-1-3-5-10/h1-8H,9H2,(H,17,18). The largest absolute Gasteiger partial charge is 0.444 e. The van der Waals surface area contributed by atoms with Crippen molar-refractivity contribution in [2.75, 3.05) is 5.32 Å². The summed E-state index contributed by atoms with van der Waals surface area (Å²) in [7, 11) is 0. The molecule has 1 N–H and O–H groups in total. The third-order valence-electron chi connectivity index (χ3n) is 2.38. The maximum absolute atomic E-state index is 11.7. The van der Waals surface area contributed by atoms with E-state index in [9.17, 15) is 4.79 Å². The molecule has 0 heterocycles. The number of halogens is 2. The van der Waals surface area contributed by atoms with Crippen LogP contribution in [0.1, 0.15) is 5.56 Å². The van der Waals surface area contributed by atoms with Gasteiger partial charge in [-0.05, 0) is 46.4 Å². The van der Waals surface area contributed by atoms with Gasteiger partial charge in [0, 0.05) is 8.59 Å². The summed E-state index contributed by atoms with van der Waals surface area (Å²) in [5, 5.41) is 3.24. The van der Waals surface area contributed by atoms with E-state index in [-0.39, 0.29) is 6.61 Å². The van der Waals surface area contributed by atoms with E-state index in [0.29, 0.717) is 10.7 Å². The van der Waals surface area contributed by atoms with E-state index in [2.05, 4.69) is 27.9 Å². The quantitative estimate of drug-likeness (QED) is 0.776. The molecular weight excluding hydrogens is 377 g/mol. The molecule has 0 aromatic heterocycles. The molecule has 0 atom stereocenters. The predicted molar refractivity (Wildman–Crippen MR) is 84.4 cm³/mol. The Kier molecular flexibility index (Phi) is 5.04. The van der Waals surface area contributed by atoms with Gasteiger partial charge in [-0.25, -0.2) is 4.79 Å². The summed E-state index contributed by atoms with van der Waals surface area (Å²) in [5.74, 6) is 0. The number of benzene rings is 2. The molecule has 0 aliphatic heterocycles. The van der Waals surface area contributed by atoms with Gasteiger partial charge in [0.15, 0.2) is 0 Å². The van der Waals surface area contributed by atoms with Gasteiger partial charge >= 0.3 is 6.09 Å². The zero-order valence-electron chi connectivity index (χ0n) is 9.90. The predicted octanol–water partition coefficient (Wildman–Crippen LogP) is 4.69. The van der Waals surface area contributed by atoms with Crippen LogP contribution in [0.2, 0.25) is 5.02 Å². The average Bonchev–Trinajstić information content (AvgIpc) is 2.42. The van der Waals surface area contributed by atoms with Gasteiger partial charge in [0.1, 0.15) is 6.61 Å². The van der Waals surface area contributed by atoms with Gasteiger partial charge < -0.3 is 4.74 Å². The molecule has 0 radical (unpaired) electrons. The molecule has 0 saturated carbocycles. The van der Waals surface area contributed by atoms with Crippen molar-refractivity contribution < 1.29 is 9.53 Å². The second-order valence-corrected chi connectivity index (χ2v) is 5.41. The lowest BCUT2D eigenvalue weighted by Gasteiger charge is -2.09. The monoisotopic (exact) mass is 387 g/mol. The van der Waals surface area contributed by atoms with Crippen molar-refractivity contribution in [3.05, 3.63) is 62.7 Å². The zero-order chi connectivity index (χ0) is 13.7. The highest BCUT2D eigenvalue weighted by Gasteiger charge is 2.07. The summed E-state index contributed by atoms with van der Waals surface area (Å²) >= 11 is 8.00. The zero-order valence-corrected chi connectivity index (χ0v) is 12.8. The number of rotatable bonds is 3. The maximum Gasteiger partial charge on any atom is 0.411 e. The van der Waals surface area contributed by atoms with Crippen molar-refractivity contribution >= 4 is 46.0 Å². The Labute approximate surface area is 130 Å². The molecule has 19 heavy (non-hydrogen) atoms. The molecule has 5 heteroatoms. The summed E-state index contributed by atoms with van der Waals surface area (Å²) in [4.78, 5) is 11.7. The number of carbonyl (C=O) groups excluding carboxylic acids is 1. The second kappa shape index (κ2) is 6.77. The van der Waals surface area contributed by atoms with Crippen LogP contribution in [0.4, 0.5) is 10.5 Å². The van der Waals surface area contributed by atoms with Crippen LogP contribution in [0.15, 0.2) is 48.5 Å². The molecular formula is C14H11ClINO2. The Morgan fingerprint density at radius 2 is 1.95 bits per heavy atom. The van der Waals surface area contributed by atoms with E-state index < -0.39 is 6.09 Å². The lowest BCUT2D eigenvalue weighted by atomic mass is 10.2. The summed E-state index contributed by atoms with van der Waals surface area (Å²) in [6, 6.07) is 14.8. The van der Waals surface area contributed by atoms with Crippen molar-refractivity contribution in [1.82, 2.24) is 0 Å². The number of nitrogens with one attached hydrogen (secondary N) is 1. The Hall–Kier alpha value is -1.27. The Balaban J connectivity index is 1.93. The molecule has 0 unspecified atom stereocenters. The summed E-state index contributed by atoms with van der Waals surface area (Å²) in [6.07, 6.45) is -0.496. The SMILES string of the molecule is O=C(Nc1cc(Cl)ccc1I)OCc1ccccc1. The minimum absolute atomic E-state index is 0.240. The van der Waals surface area contributed by atoms with E-state index in [1.165, 1.54) is 0 Å². The van der Waals surface area contributed by atoms with E-state index in [0.717, 1.165) is 9.13 Å². The number of carbonyl (C=O) groups is 1. The van der Waals surface area contributed by atoms with Crippen LogP contribution in [0.25, 0.3) is 0 Å². The first-order valence-corrected chi connectivity index (χ1v) is 7.03. The van der Waals surface area contributed by atoms with E-state index >= 15 is 0 Å². The smallest absolute Gasteiger partial charge is 0.411 e. The fourth-order valence-electron chi connectivity index (χ4n) is 1.46. The lowest BCUT2D eigenvalue weighted by molar-refractivity contribution is 0.155. The van der Waals surface area contributed by atoms with E-state index in [4.69, 9.17) is 16.3 Å². The Bertz CT molecular complexity index is 575. The third kappa shape index (κ3) is 4.40. The minimum Gasteiger partial charge on any atom is -0.444 e. The van der Waals surface area contributed by atoms with Crippen molar-refractivity contribution in [3.63, 3.8) is 0 Å². The molecule has 3 nitrogen and oxygen atoms in total. The fraction of sp³-hybridized carbons (Fsp3) is 0.0714. The number of ether oxygens (including phenoxy) is 1. The second-order valence-electron chi connectivity index (χ2n) is 3.81. The third-order valence-corrected chi connectivity index (χ3v) is 3.55. The van der Waals surface area contributed by atoms with Crippen molar-refractivity contribution in [2.24, 2.45) is 0 Å². The van der Waals surface area contributed by atoms with Crippen LogP contribution >= 0.6 is 34.2 Å². The Morgan fingerprint density at radius 1 is 1.21 bits per heavy atom. The van der Waals surface area contributed by atoms with Crippen molar-refractivity contribution in [2.45, 2.75) is 6.61 Å². The van der Waals surface area contributed by atoms with Crippen LogP contribution in [-0.2, 0) is 11.3 Å². The van der Waals surface area contributed by atoms with Crippen LogP contribution < -0.4 is 5.32 Å². The molecule has 0 fully saturated rings. The average molecular weight is 388 g/mol. The van der Waals surface area contributed by atoms with Gasteiger partial charge in [-0.15, -0.1) is 0 Å². The molecule has 0 saturated heterocycles. The van der Waals surface area contributed by atoms with Gasteiger partial charge in [-0.2, -0.15) is 0 Å².